The molecule has 0 saturated heterocycles. The molecule has 1 aromatic heterocycles. The minimum atomic E-state index is -0.945. The third-order valence-electron chi connectivity index (χ3n) is 3.19. The van der Waals surface area contributed by atoms with Crippen LogP contribution in [0.5, 0.6) is 0 Å². The van der Waals surface area contributed by atoms with Crippen LogP contribution in [0.3, 0.4) is 0 Å². The zero-order valence-corrected chi connectivity index (χ0v) is 11.8. The molecular formula is C13H9ClF2N2OS. The van der Waals surface area contributed by atoms with E-state index in [2.05, 4.69) is 9.98 Å². The number of thiazole rings is 1. The lowest BCUT2D eigenvalue weighted by atomic mass is 9.95. The largest absolute Gasteiger partial charge is 0.297 e. The highest BCUT2D eigenvalue weighted by Crippen LogP contribution is 2.29. The van der Waals surface area contributed by atoms with Crippen molar-refractivity contribution in [3.05, 3.63) is 28.8 Å². The highest BCUT2D eigenvalue weighted by molar-refractivity contribution is 7.18. The number of hydrogen-bond donors (Lipinski definition) is 0. The molecule has 1 atom stereocenters. The van der Waals surface area contributed by atoms with Gasteiger partial charge in [0.05, 0.1) is 16.3 Å². The number of hydrogen-bond acceptors (Lipinski definition) is 4. The molecule has 20 heavy (non-hydrogen) atoms. The molecule has 1 aliphatic rings. The van der Waals surface area contributed by atoms with Gasteiger partial charge in [0.2, 0.25) is 0 Å². The van der Waals surface area contributed by atoms with Gasteiger partial charge >= 0.3 is 0 Å². The second-order valence-electron chi connectivity index (χ2n) is 4.58. The Bertz CT molecular complexity index is 728. The fourth-order valence-corrected chi connectivity index (χ4v) is 3.43. The lowest BCUT2D eigenvalue weighted by molar-refractivity contribution is -0.121. The van der Waals surface area contributed by atoms with Crippen molar-refractivity contribution >= 4 is 44.1 Å². The Morgan fingerprint density at radius 3 is 3.00 bits per heavy atom. The van der Waals surface area contributed by atoms with Gasteiger partial charge in [-0.1, -0.05) is 11.6 Å². The number of ketones is 1. The first-order valence-corrected chi connectivity index (χ1v) is 7.19. The number of aliphatic imine (C=N–C) groups is 1. The lowest BCUT2D eigenvalue weighted by Gasteiger charge is -2.16. The molecule has 0 saturated carbocycles. The molecule has 7 heteroatoms. The van der Waals surface area contributed by atoms with Crippen LogP contribution in [-0.2, 0) is 11.2 Å². The Morgan fingerprint density at radius 2 is 2.20 bits per heavy atom. The summed E-state index contributed by atoms with van der Waals surface area (Å²) in [5.74, 6) is -2.15. The van der Waals surface area contributed by atoms with Gasteiger partial charge in [-0.2, -0.15) is 0 Å². The summed E-state index contributed by atoms with van der Waals surface area (Å²) in [6.07, 6.45) is 0.762. The van der Waals surface area contributed by atoms with Crippen LogP contribution in [0.15, 0.2) is 17.1 Å². The molecule has 1 unspecified atom stereocenters. The minimum absolute atomic E-state index is 0.000286. The predicted octanol–water partition coefficient (Wildman–Crippen LogP) is 3.34. The van der Waals surface area contributed by atoms with E-state index in [1.807, 2.05) is 0 Å². The fraction of sp³-hybridized carbons (Fsp3) is 0.308. The van der Waals surface area contributed by atoms with Gasteiger partial charge in [-0.3, -0.25) is 9.79 Å². The first kappa shape index (κ1) is 13.6. The Hall–Kier alpha value is -1.40. The maximum Gasteiger partial charge on any atom is 0.185 e. The second kappa shape index (κ2) is 5.18. The van der Waals surface area contributed by atoms with Crippen molar-refractivity contribution in [2.45, 2.75) is 12.8 Å². The van der Waals surface area contributed by atoms with Crippen LogP contribution in [0.25, 0.3) is 10.2 Å². The summed E-state index contributed by atoms with van der Waals surface area (Å²) in [6.45, 7) is 0.0807. The number of nitrogens with zero attached hydrogens (tertiary/aromatic N) is 2. The maximum atomic E-state index is 13.6. The predicted molar refractivity (Wildman–Crippen MR) is 74.5 cm³/mol. The third kappa shape index (κ3) is 2.45. The molecule has 2 aromatic rings. The van der Waals surface area contributed by atoms with Gasteiger partial charge in [-0.05, 0) is 12.1 Å². The van der Waals surface area contributed by atoms with Crippen molar-refractivity contribution in [3.8, 4) is 0 Å². The van der Waals surface area contributed by atoms with Gasteiger partial charge in [0.25, 0.3) is 0 Å². The van der Waals surface area contributed by atoms with E-state index in [1.165, 1.54) is 17.4 Å². The van der Waals surface area contributed by atoms with Crippen molar-refractivity contribution < 1.29 is 13.6 Å². The van der Waals surface area contributed by atoms with E-state index < -0.39 is 11.6 Å². The van der Waals surface area contributed by atoms with Crippen molar-refractivity contribution in [2.75, 3.05) is 6.54 Å². The van der Waals surface area contributed by atoms with Crippen molar-refractivity contribution in [1.82, 2.24) is 4.98 Å². The van der Waals surface area contributed by atoms with E-state index in [9.17, 15) is 13.6 Å². The smallest absolute Gasteiger partial charge is 0.185 e. The number of rotatable bonds is 2. The molecule has 0 spiro atoms. The molecule has 2 heterocycles. The van der Waals surface area contributed by atoms with E-state index in [-0.39, 0.29) is 23.8 Å². The Labute approximate surface area is 122 Å². The molecule has 3 rings (SSSR count). The van der Waals surface area contributed by atoms with Crippen LogP contribution >= 0.6 is 22.9 Å². The highest BCUT2D eigenvalue weighted by atomic mass is 35.5. The van der Waals surface area contributed by atoms with Crippen LogP contribution in [-0.4, -0.2) is 22.5 Å². The van der Waals surface area contributed by atoms with E-state index in [0.29, 0.717) is 27.7 Å². The summed E-state index contributed by atoms with van der Waals surface area (Å²) in [5, 5.41) is 1.03. The molecule has 0 radical (unpaired) electrons. The van der Waals surface area contributed by atoms with Crippen LogP contribution in [0.1, 0.15) is 11.4 Å². The summed E-state index contributed by atoms with van der Waals surface area (Å²) >= 11 is 7.10. The Morgan fingerprint density at radius 1 is 1.40 bits per heavy atom. The zero-order chi connectivity index (χ0) is 14.3. The number of carbonyl (C=O) groups is 1. The Balaban J connectivity index is 1.90. The standard InChI is InChI=1S/C13H9ClF2N2OS/c14-10-3-6(8(19)5-17-10)4-11-18-13-9(20-11)2-1-7(15)12(13)16/h1-2,6H,3-5H2. The highest BCUT2D eigenvalue weighted by Gasteiger charge is 2.25. The van der Waals surface area contributed by atoms with Crippen LogP contribution in [0.2, 0.25) is 0 Å². The van der Waals surface area contributed by atoms with Crippen molar-refractivity contribution in [1.29, 1.82) is 0 Å². The number of halogens is 3. The fourth-order valence-electron chi connectivity index (χ4n) is 2.14. The van der Waals surface area contributed by atoms with E-state index in [1.54, 1.807) is 0 Å². The molecule has 1 aliphatic heterocycles. The molecule has 0 aliphatic carbocycles. The van der Waals surface area contributed by atoms with E-state index in [4.69, 9.17) is 11.6 Å². The minimum Gasteiger partial charge on any atom is -0.297 e. The summed E-state index contributed by atoms with van der Waals surface area (Å²) < 4.78 is 27.3. The lowest BCUT2D eigenvalue weighted by Crippen LogP contribution is -2.26. The van der Waals surface area contributed by atoms with Crippen molar-refractivity contribution in [2.24, 2.45) is 10.9 Å². The number of fused-ring (bicyclic) bond motifs is 1. The first-order valence-electron chi connectivity index (χ1n) is 5.99. The topological polar surface area (TPSA) is 42.3 Å². The summed E-state index contributed by atoms with van der Waals surface area (Å²) in [4.78, 5) is 19.7. The first-order chi connectivity index (χ1) is 9.54. The van der Waals surface area contributed by atoms with Crippen LogP contribution < -0.4 is 0 Å². The van der Waals surface area contributed by atoms with Crippen LogP contribution in [0.4, 0.5) is 8.78 Å². The molecule has 104 valence electrons. The van der Waals surface area contributed by atoms with Gasteiger partial charge in [0, 0.05) is 18.8 Å². The molecule has 0 N–H and O–H groups in total. The number of Topliss-reactive ketones (excluding diaryl/α,β-unsaturated/α-hetero) is 1. The number of aromatic nitrogens is 1. The average molecular weight is 315 g/mol. The van der Waals surface area contributed by atoms with E-state index >= 15 is 0 Å². The summed E-state index contributed by atoms with van der Waals surface area (Å²) in [6, 6.07) is 2.57. The second-order valence-corrected chi connectivity index (χ2v) is 6.13. The quantitative estimate of drug-likeness (QED) is 0.853. The summed E-state index contributed by atoms with van der Waals surface area (Å²) in [5.41, 5.74) is 0.0213. The normalized spacial score (nSPS) is 19.4. The van der Waals surface area contributed by atoms with Gasteiger partial charge in [0.1, 0.15) is 10.7 Å². The average Bonchev–Trinajstić information content (AvgIpc) is 2.82. The number of benzene rings is 1. The van der Waals surface area contributed by atoms with Crippen LogP contribution in [0, 0.1) is 17.6 Å². The monoisotopic (exact) mass is 314 g/mol. The van der Waals surface area contributed by atoms with Crippen molar-refractivity contribution in [3.63, 3.8) is 0 Å². The van der Waals surface area contributed by atoms with Gasteiger partial charge in [0.15, 0.2) is 17.4 Å². The maximum absolute atomic E-state index is 13.6. The third-order valence-corrected chi connectivity index (χ3v) is 4.51. The molecule has 0 fully saturated rings. The molecule has 3 nitrogen and oxygen atoms in total. The molecule has 0 bridgehead atoms. The SMILES string of the molecule is O=C1CN=C(Cl)CC1Cc1nc2c(F)c(F)ccc2s1. The Kier molecular flexibility index (Phi) is 3.52. The van der Waals surface area contributed by atoms with E-state index in [0.717, 1.165) is 6.07 Å². The molecule has 0 amide bonds. The van der Waals surface area contributed by atoms with Gasteiger partial charge in [-0.15, -0.1) is 11.3 Å². The van der Waals surface area contributed by atoms with Gasteiger partial charge in [-0.25, -0.2) is 13.8 Å². The summed E-state index contributed by atoms with van der Waals surface area (Å²) in [7, 11) is 0. The number of carbonyl (C=O) groups excluding carboxylic acids is 1. The zero-order valence-electron chi connectivity index (χ0n) is 10.2. The molecular weight excluding hydrogens is 306 g/mol. The molecule has 1 aromatic carbocycles. The van der Waals surface area contributed by atoms with Gasteiger partial charge < -0.3 is 0 Å².